The summed E-state index contributed by atoms with van der Waals surface area (Å²) in [5.74, 6) is 0.0983. The summed E-state index contributed by atoms with van der Waals surface area (Å²) in [5, 5.41) is 23.4. The van der Waals surface area contributed by atoms with E-state index in [-0.39, 0.29) is 23.8 Å². The fraction of sp³-hybridized carbons (Fsp3) is 0.0455. The van der Waals surface area contributed by atoms with Crippen molar-refractivity contribution < 1.29 is 14.5 Å². The van der Waals surface area contributed by atoms with Crippen LogP contribution >= 0.6 is 0 Å². The fourth-order valence-electron chi connectivity index (χ4n) is 3.53. The minimum atomic E-state index is -0.402. The second-order valence-electron chi connectivity index (χ2n) is 7.02. The zero-order chi connectivity index (χ0) is 22.1. The van der Waals surface area contributed by atoms with Gasteiger partial charge in [0.2, 0.25) is 0 Å². The van der Waals surface area contributed by atoms with Crippen molar-refractivity contribution >= 4 is 39.7 Å². The number of imidazole rings is 1. The first-order valence-corrected chi connectivity index (χ1v) is 9.68. The lowest BCUT2D eigenvalue weighted by molar-refractivity contribution is -0.121. The van der Waals surface area contributed by atoms with E-state index in [0.717, 1.165) is 16.3 Å². The van der Waals surface area contributed by atoms with Gasteiger partial charge in [0.05, 0.1) is 17.2 Å². The summed E-state index contributed by atoms with van der Waals surface area (Å²) in [5.41, 5.74) is 10.5. The smallest absolute Gasteiger partial charge is 0.260 e. The molecule has 32 heavy (non-hydrogen) atoms. The summed E-state index contributed by atoms with van der Waals surface area (Å²) < 4.78 is 6.35. The van der Waals surface area contributed by atoms with E-state index in [1.54, 1.807) is 10.6 Å². The van der Waals surface area contributed by atoms with Gasteiger partial charge >= 0.3 is 0 Å². The number of hydrogen-bond donors (Lipinski definition) is 3. The highest BCUT2D eigenvalue weighted by atomic mass is 16.6. The Kier molecular flexibility index (Phi) is 4.71. The Hall–Kier alpha value is -4.73. The number of aromatic hydroxyl groups is 1. The topological polar surface area (TPSA) is 144 Å². The van der Waals surface area contributed by atoms with Gasteiger partial charge in [0, 0.05) is 5.56 Å². The van der Waals surface area contributed by atoms with E-state index in [1.807, 2.05) is 54.6 Å². The van der Waals surface area contributed by atoms with Crippen LogP contribution in [0, 0.1) is 0 Å². The number of phenols is 1. The zero-order valence-electron chi connectivity index (χ0n) is 16.6. The molecule has 0 aliphatic heterocycles. The molecule has 158 valence electrons. The number of amides is 1. The van der Waals surface area contributed by atoms with Crippen LogP contribution in [0.25, 0.3) is 33.3 Å². The van der Waals surface area contributed by atoms with Crippen LogP contribution in [-0.2, 0) is 11.3 Å². The van der Waals surface area contributed by atoms with E-state index >= 15 is 0 Å². The van der Waals surface area contributed by atoms with Crippen molar-refractivity contribution in [3.05, 3.63) is 66.2 Å². The number of hydrazone groups is 1. The second kappa shape index (κ2) is 7.84. The minimum Gasteiger partial charge on any atom is -0.507 e. The zero-order valence-corrected chi connectivity index (χ0v) is 16.6. The Morgan fingerprint density at radius 2 is 1.94 bits per heavy atom. The third kappa shape index (κ3) is 3.39. The molecule has 0 aliphatic carbocycles. The number of benzene rings is 3. The number of fused-ring (bicyclic) bond motifs is 2. The number of nitrogens with zero attached hydrogens (tertiary/aromatic N) is 5. The molecule has 5 rings (SSSR count). The molecule has 0 atom stereocenters. The molecule has 0 fully saturated rings. The molecule has 4 N–H and O–H groups in total. The maximum absolute atomic E-state index is 12.7. The first-order valence-electron chi connectivity index (χ1n) is 9.68. The Morgan fingerprint density at radius 3 is 2.78 bits per heavy atom. The average molecular weight is 427 g/mol. The second-order valence-corrected chi connectivity index (χ2v) is 7.02. The summed E-state index contributed by atoms with van der Waals surface area (Å²) in [6.45, 7) is -0.0962. The van der Waals surface area contributed by atoms with Gasteiger partial charge in [-0.2, -0.15) is 5.10 Å². The summed E-state index contributed by atoms with van der Waals surface area (Å²) in [4.78, 5) is 17.2. The Balaban J connectivity index is 1.42. The average Bonchev–Trinajstić information content (AvgIpc) is 3.38. The van der Waals surface area contributed by atoms with Crippen LogP contribution in [0.15, 0.2) is 70.4 Å². The molecule has 0 radical (unpaired) electrons. The highest BCUT2D eigenvalue weighted by molar-refractivity contribution is 6.02. The number of para-hydroxylation sites is 2. The molecule has 10 nitrogen and oxygen atoms in total. The van der Waals surface area contributed by atoms with Crippen molar-refractivity contribution in [2.45, 2.75) is 6.54 Å². The van der Waals surface area contributed by atoms with Crippen LogP contribution < -0.4 is 11.2 Å². The van der Waals surface area contributed by atoms with Gasteiger partial charge < -0.3 is 15.4 Å². The van der Waals surface area contributed by atoms with Gasteiger partial charge in [0.1, 0.15) is 12.3 Å². The van der Waals surface area contributed by atoms with Crippen LogP contribution in [0.1, 0.15) is 5.56 Å². The maximum atomic E-state index is 12.7. The largest absolute Gasteiger partial charge is 0.507 e. The Labute approximate surface area is 180 Å². The maximum Gasteiger partial charge on any atom is 0.260 e. The molecule has 0 bridgehead atoms. The SMILES string of the molecule is Nc1nonc1-c1nc2ccccc2n1CC(=O)N/N=C\c1c(O)ccc2ccccc12. The van der Waals surface area contributed by atoms with Gasteiger partial charge in [-0.3, -0.25) is 4.79 Å². The Bertz CT molecular complexity index is 1490. The molecule has 10 heteroatoms. The van der Waals surface area contributed by atoms with E-state index in [9.17, 15) is 9.90 Å². The van der Waals surface area contributed by atoms with Crippen LogP contribution in [0.3, 0.4) is 0 Å². The van der Waals surface area contributed by atoms with Gasteiger partial charge in [0.15, 0.2) is 17.3 Å². The number of nitrogens with one attached hydrogen (secondary N) is 1. The predicted molar refractivity (Wildman–Crippen MR) is 119 cm³/mol. The van der Waals surface area contributed by atoms with Crippen molar-refractivity contribution in [3.63, 3.8) is 0 Å². The molecule has 2 heterocycles. The Morgan fingerprint density at radius 1 is 1.12 bits per heavy atom. The number of hydrogen-bond acceptors (Lipinski definition) is 8. The number of phenolic OH excluding ortho intramolecular Hbond substituents is 1. The molecule has 0 saturated carbocycles. The van der Waals surface area contributed by atoms with E-state index in [1.165, 1.54) is 6.21 Å². The number of carbonyl (C=O) groups excluding carboxylic acids is 1. The standard InChI is InChI=1S/C22H17N7O3/c23-21-20(27-32-28-21)22-25-16-7-3-4-8-17(16)29(22)12-19(31)26-24-11-15-14-6-2-1-5-13(14)9-10-18(15)30/h1-11,30H,12H2,(H2,23,28)(H,26,31)/b24-11-. The molecular formula is C22H17N7O3. The molecular weight excluding hydrogens is 410 g/mol. The molecule has 3 aromatic carbocycles. The molecule has 1 amide bonds. The van der Waals surface area contributed by atoms with Crippen LogP contribution in [0.4, 0.5) is 5.82 Å². The van der Waals surface area contributed by atoms with Gasteiger partial charge in [0.25, 0.3) is 5.91 Å². The quantitative estimate of drug-likeness (QED) is 0.289. The number of anilines is 1. The van der Waals surface area contributed by atoms with Crippen LogP contribution in [0.5, 0.6) is 5.75 Å². The molecule has 0 spiro atoms. The van der Waals surface area contributed by atoms with Crippen molar-refractivity contribution in [2.75, 3.05) is 5.73 Å². The van der Waals surface area contributed by atoms with Gasteiger partial charge in [-0.05, 0) is 39.3 Å². The molecule has 2 aromatic heterocycles. The van der Waals surface area contributed by atoms with Gasteiger partial charge in [-0.15, -0.1) is 0 Å². The summed E-state index contributed by atoms with van der Waals surface area (Å²) in [6.07, 6.45) is 1.42. The predicted octanol–water partition coefficient (Wildman–Crippen LogP) is 2.68. The molecule has 0 saturated heterocycles. The van der Waals surface area contributed by atoms with E-state index < -0.39 is 5.91 Å². The van der Waals surface area contributed by atoms with Crippen LogP contribution in [-0.4, -0.2) is 37.1 Å². The molecule has 0 aliphatic rings. The number of carbonyl (C=O) groups is 1. The normalized spacial score (nSPS) is 11.5. The number of aromatic nitrogens is 4. The third-order valence-corrected chi connectivity index (χ3v) is 5.01. The first-order chi connectivity index (χ1) is 15.6. The summed E-state index contributed by atoms with van der Waals surface area (Å²) in [6, 6.07) is 18.3. The summed E-state index contributed by atoms with van der Waals surface area (Å²) >= 11 is 0. The highest BCUT2D eigenvalue weighted by Crippen LogP contribution is 2.27. The van der Waals surface area contributed by atoms with E-state index in [4.69, 9.17) is 5.73 Å². The monoisotopic (exact) mass is 427 g/mol. The molecule has 5 aromatic rings. The van der Waals surface area contributed by atoms with Gasteiger partial charge in [-0.1, -0.05) is 42.5 Å². The van der Waals surface area contributed by atoms with Crippen LogP contribution in [0.2, 0.25) is 0 Å². The lowest BCUT2D eigenvalue weighted by Gasteiger charge is -2.07. The van der Waals surface area contributed by atoms with Crippen molar-refractivity contribution in [1.82, 2.24) is 25.3 Å². The van der Waals surface area contributed by atoms with Crippen molar-refractivity contribution in [3.8, 4) is 17.3 Å². The first kappa shape index (κ1) is 19.2. The minimum absolute atomic E-state index is 0.0681. The van der Waals surface area contributed by atoms with E-state index in [0.29, 0.717) is 16.9 Å². The summed E-state index contributed by atoms with van der Waals surface area (Å²) in [7, 11) is 0. The number of nitrogen functional groups attached to an aromatic ring is 1. The van der Waals surface area contributed by atoms with E-state index in [2.05, 4.69) is 30.5 Å². The molecule has 0 unspecified atom stereocenters. The van der Waals surface area contributed by atoms with Crippen molar-refractivity contribution in [1.29, 1.82) is 0 Å². The third-order valence-electron chi connectivity index (χ3n) is 5.01. The lowest BCUT2D eigenvalue weighted by atomic mass is 10.0. The van der Waals surface area contributed by atoms with Crippen molar-refractivity contribution in [2.24, 2.45) is 5.10 Å². The number of nitrogens with two attached hydrogens (primary N) is 1. The fourth-order valence-corrected chi connectivity index (χ4v) is 3.53. The highest BCUT2D eigenvalue weighted by Gasteiger charge is 2.20. The van der Waals surface area contributed by atoms with Gasteiger partial charge in [-0.25, -0.2) is 15.0 Å². The number of rotatable bonds is 5. The lowest BCUT2D eigenvalue weighted by Crippen LogP contribution is -2.23.